The van der Waals surface area contributed by atoms with Gasteiger partial charge in [-0.05, 0) is 24.0 Å². The zero-order chi connectivity index (χ0) is 12.8. The number of rotatable bonds is 5. The van der Waals surface area contributed by atoms with Crippen molar-refractivity contribution in [1.82, 2.24) is 9.59 Å². The fourth-order valence-electron chi connectivity index (χ4n) is 1.32. The lowest BCUT2D eigenvalue weighted by Crippen LogP contribution is -2.06. The topological polar surface area (TPSA) is 52.1 Å². The lowest BCUT2D eigenvalue weighted by molar-refractivity contribution is 0.0515. The van der Waals surface area contributed by atoms with Gasteiger partial charge in [0.25, 0.3) is 0 Å². The van der Waals surface area contributed by atoms with Crippen LogP contribution in [0.25, 0.3) is 0 Å². The molecule has 1 aromatic carbocycles. The van der Waals surface area contributed by atoms with Crippen molar-refractivity contribution >= 4 is 29.3 Å². The van der Waals surface area contributed by atoms with E-state index >= 15 is 0 Å². The monoisotopic (exact) mass is 280 g/mol. The first kappa shape index (κ1) is 13.0. The van der Waals surface area contributed by atoms with Crippen molar-refractivity contribution in [3.05, 3.63) is 41.6 Å². The molecule has 6 heteroatoms. The van der Waals surface area contributed by atoms with E-state index in [0.717, 1.165) is 9.96 Å². The third-order valence-electron chi connectivity index (χ3n) is 2.14. The molecule has 1 aromatic heterocycles. The van der Waals surface area contributed by atoms with Gasteiger partial charge in [-0.1, -0.05) is 34.8 Å². The van der Waals surface area contributed by atoms with E-state index in [-0.39, 0.29) is 0 Å². The van der Waals surface area contributed by atoms with Crippen LogP contribution in [0.2, 0.25) is 0 Å². The zero-order valence-corrected chi connectivity index (χ0v) is 11.5. The average molecular weight is 280 g/mol. The van der Waals surface area contributed by atoms with Crippen LogP contribution in [0.3, 0.4) is 0 Å². The molecule has 0 aliphatic heterocycles. The fourth-order valence-corrected chi connectivity index (χ4v) is 2.97. The van der Waals surface area contributed by atoms with E-state index in [1.54, 1.807) is 18.7 Å². The van der Waals surface area contributed by atoms with Crippen LogP contribution in [0.1, 0.15) is 23.0 Å². The second-order valence-electron chi connectivity index (χ2n) is 3.40. The first-order valence-electron chi connectivity index (χ1n) is 5.47. The zero-order valence-electron chi connectivity index (χ0n) is 9.83. The van der Waals surface area contributed by atoms with E-state index in [0.29, 0.717) is 12.3 Å². The summed E-state index contributed by atoms with van der Waals surface area (Å²) in [7, 11) is 0. The maximum atomic E-state index is 11.6. The molecule has 1 heterocycles. The third kappa shape index (κ3) is 3.30. The first-order chi connectivity index (χ1) is 8.81. The highest BCUT2D eigenvalue weighted by Gasteiger charge is 2.17. The molecule has 0 aliphatic carbocycles. The summed E-state index contributed by atoms with van der Waals surface area (Å²) in [6, 6.07) is 10.1. The van der Waals surface area contributed by atoms with Gasteiger partial charge >= 0.3 is 5.97 Å². The molecule has 4 nitrogen and oxygen atoms in total. The molecule has 0 amide bonds. The molecular weight excluding hydrogens is 268 g/mol. The summed E-state index contributed by atoms with van der Waals surface area (Å²) < 4.78 is 9.54. The van der Waals surface area contributed by atoms with Crippen molar-refractivity contribution in [3.63, 3.8) is 0 Å². The highest BCUT2D eigenvalue weighted by molar-refractivity contribution is 8.00. The third-order valence-corrected chi connectivity index (χ3v) is 4.17. The maximum Gasteiger partial charge on any atom is 0.361 e. The summed E-state index contributed by atoms with van der Waals surface area (Å²) in [4.78, 5) is 11.6. The second-order valence-corrected chi connectivity index (χ2v) is 5.40. The summed E-state index contributed by atoms with van der Waals surface area (Å²) >= 11 is 2.78. The summed E-state index contributed by atoms with van der Waals surface area (Å²) in [5.41, 5.74) is 1.52. The second kappa shape index (κ2) is 6.51. The molecule has 0 spiro atoms. The maximum absolute atomic E-state index is 11.6. The van der Waals surface area contributed by atoms with Crippen LogP contribution >= 0.6 is 23.3 Å². The van der Waals surface area contributed by atoms with Crippen molar-refractivity contribution in [2.24, 2.45) is 0 Å². The van der Waals surface area contributed by atoms with Crippen LogP contribution in [-0.2, 0) is 10.5 Å². The molecule has 0 N–H and O–H groups in total. The van der Waals surface area contributed by atoms with Gasteiger partial charge in [-0.25, -0.2) is 4.79 Å². The molecule has 0 fully saturated rings. The SMILES string of the molecule is CCOC(=O)c1nnsc1SCc1ccccc1. The molecule has 2 rings (SSSR count). The normalized spacial score (nSPS) is 10.3. The minimum Gasteiger partial charge on any atom is -0.461 e. The van der Waals surface area contributed by atoms with Gasteiger partial charge in [-0.3, -0.25) is 0 Å². The molecule has 0 unspecified atom stereocenters. The molecule has 0 saturated heterocycles. The van der Waals surface area contributed by atoms with E-state index in [4.69, 9.17) is 4.74 Å². The Morgan fingerprint density at radius 2 is 2.17 bits per heavy atom. The summed E-state index contributed by atoms with van der Waals surface area (Å²) in [6.07, 6.45) is 0. The molecule has 94 valence electrons. The van der Waals surface area contributed by atoms with Crippen LogP contribution in [0.15, 0.2) is 34.5 Å². The Bertz CT molecular complexity index is 514. The Kier molecular flexibility index (Phi) is 4.72. The van der Waals surface area contributed by atoms with E-state index in [2.05, 4.69) is 9.59 Å². The number of ether oxygens (including phenoxy) is 1. The van der Waals surface area contributed by atoms with Gasteiger partial charge in [-0.2, -0.15) is 0 Å². The van der Waals surface area contributed by atoms with Gasteiger partial charge < -0.3 is 4.74 Å². The van der Waals surface area contributed by atoms with E-state index < -0.39 is 5.97 Å². The van der Waals surface area contributed by atoms with Gasteiger partial charge in [0.15, 0.2) is 5.69 Å². The number of carbonyl (C=O) groups is 1. The number of thioether (sulfide) groups is 1. The minimum atomic E-state index is -0.401. The minimum absolute atomic E-state index is 0.322. The van der Waals surface area contributed by atoms with Crippen LogP contribution in [0.5, 0.6) is 0 Å². The Hall–Kier alpha value is -1.40. The smallest absolute Gasteiger partial charge is 0.361 e. The van der Waals surface area contributed by atoms with E-state index in [1.165, 1.54) is 17.1 Å². The van der Waals surface area contributed by atoms with Crippen LogP contribution in [-0.4, -0.2) is 22.2 Å². The molecule has 0 aliphatic rings. The van der Waals surface area contributed by atoms with E-state index in [9.17, 15) is 4.79 Å². The lowest BCUT2D eigenvalue weighted by atomic mass is 10.2. The van der Waals surface area contributed by atoms with Crippen molar-refractivity contribution in [2.75, 3.05) is 6.61 Å². The highest BCUT2D eigenvalue weighted by atomic mass is 32.2. The van der Waals surface area contributed by atoms with Gasteiger partial charge in [0.1, 0.15) is 4.21 Å². The summed E-state index contributed by atoms with van der Waals surface area (Å²) in [6.45, 7) is 2.12. The Balaban J connectivity index is 2.02. The number of carbonyl (C=O) groups excluding carboxylic acids is 1. The average Bonchev–Trinajstić information content (AvgIpc) is 2.86. The largest absolute Gasteiger partial charge is 0.461 e. The molecule has 0 saturated carbocycles. The van der Waals surface area contributed by atoms with Gasteiger partial charge in [0.05, 0.1) is 6.61 Å². The molecule has 0 atom stereocenters. The number of hydrogen-bond donors (Lipinski definition) is 0. The van der Waals surface area contributed by atoms with Crippen molar-refractivity contribution in [3.8, 4) is 0 Å². The lowest BCUT2D eigenvalue weighted by Gasteiger charge is -2.01. The predicted molar refractivity (Wildman–Crippen MR) is 71.9 cm³/mol. The Morgan fingerprint density at radius 3 is 2.89 bits per heavy atom. The first-order valence-corrected chi connectivity index (χ1v) is 7.23. The molecule has 0 radical (unpaired) electrons. The van der Waals surface area contributed by atoms with Crippen molar-refractivity contribution < 1.29 is 9.53 Å². The molecule has 0 bridgehead atoms. The fraction of sp³-hybridized carbons (Fsp3) is 0.250. The number of hydrogen-bond acceptors (Lipinski definition) is 6. The Morgan fingerprint density at radius 1 is 1.39 bits per heavy atom. The predicted octanol–water partition coefficient (Wildman–Crippen LogP) is 3.01. The van der Waals surface area contributed by atoms with Crippen LogP contribution in [0.4, 0.5) is 0 Å². The van der Waals surface area contributed by atoms with Crippen molar-refractivity contribution in [1.29, 1.82) is 0 Å². The standard InChI is InChI=1S/C12H12N2O2S2/c1-2-16-11(15)10-12(18-14-13-10)17-8-9-6-4-3-5-7-9/h3-7H,2,8H2,1H3. The van der Waals surface area contributed by atoms with Gasteiger partial charge in [-0.15, -0.1) is 16.9 Å². The number of esters is 1. The van der Waals surface area contributed by atoms with E-state index in [1.807, 2.05) is 30.3 Å². The Labute approximate surface area is 114 Å². The highest BCUT2D eigenvalue weighted by Crippen LogP contribution is 2.28. The number of aromatic nitrogens is 2. The summed E-state index contributed by atoms with van der Waals surface area (Å²) in [5, 5.41) is 3.82. The quantitative estimate of drug-likeness (QED) is 0.622. The van der Waals surface area contributed by atoms with Gasteiger partial charge in [0.2, 0.25) is 0 Å². The number of nitrogens with zero attached hydrogens (tertiary/aromatic N) is 2. The van der Waals surface area contributed by atoms with Gasteiger partial charge in [0, 0.05) is 5.75 Å². The van der Waals surface area contributed by atoms with Crippen LogP contribution < -0.4 is 0 Å². The number of benzene rings is 1. The van der Waals surface area contributed by atoms with Crippen LogP contribution in [0, 0.1) is 0 Å². The summed E-state index contributed by atoms with van der Waals surface area (Å²) in [5.74, 6) is 0.388. The molecular formula is C12H12N2O2S2. The molecule has 18 heavy (non-hydrogen) atoms. The van der Waals surface area contributed by atoms with Crippen molar-refractivity contribution in [2.45, 2.75) is 16.9 Å². The molecule has 2 aromatic rings.